The smallest absolute Gasteiger partial charge is 0.287 e. The van der Waals surface area contributed by atoms with E-state index in [1.807, 2.05) is 13.8 Å². The predicted octanol–water partition coefficient (Wildman–Crippen LogP) is 3.23. The summed E-state index contributed by atoms with van der Waals surface area (Å²) in [6.45, 7) is 10.2. The molecule has 0 aromatic heterocycles. The van der Waals surface area contributed by atoms with Crippen LogP contribution in [0.2, 0.25) is 0 Å². The third-order valence-electron chi connectivity index (χ3n) is 0.862. The highest BCUT2D eigenvalue weighted by Gasteiger charge is 2.23. The van der Waals surface area contributed by atoms with Crippen LogP contribution in [-0.2, 0) is 18.1 Å². The van der Waals surface area contributed by atoms with Crippen LogP contribution in [0.25, 0.3) is 0 Å². The van der Waals surface area contributed by atoms with E-state index in [1.165, 1.54) is 0 Å². The Morgan fingerprint density at radius 1 is 0.846 bits per heavy atom. The fourth-order valence-corrected chi connectivity index (χ4v) is 1.76. The highest BCUT2D eigenvalue weighted by atomic mass is 31.2. The second-order valence-corrected chi connectivity index (χ2v) is 3.37. The van der Waals surface area contributed by atoms with Crippen molar-refractivity contribution in [1.82, 2.24) is 0 Å². The molecule has 0 amide bonds. The van der Waals surface area contributed by atoms with Crippen molar-refractivity contribution in [3.63, 3.8) is 0 Å². The molecule has 0 aromatic carbocycles. The van der Waals surface area contributed by atoms with Gasteiger partial charge in [0.25, 0.3) is 0 Å². The molecule has 0 saturated heterocycles. The van der Waals surface area contributed by atoms with Gasteiger partial charge in [0, 0.05) is 0 Å². The van der Waals surface area contributed by atoms with Gasteiger partial charge in [-0.2, -0.15) is 0 Å². The van der Waals surface area contributed by atoms with E-state index < -0.39 is 7.82 Å². The van der Waals surface area contributed by atoms with E-state index in [-0.39, 0.29) is 0 Å². The highest BCUT2D eigenvalue weighted by molar-refractivity contribution is 7.48. The summed E-state index contributed by atoms with van der Waals surface area (Å²) in [7, 11) is -3.22. The van der Waals surface area contributed by atoms with E-state index in [0.717, 1.165) is 0 Å². The first-order valence-corrected chi connectivity index (χ1v) is 6.18. The molecule has 0 atom stereocenters. The molecule has 5 heteroatoms. The van der Waals surface area contributed by atoms with E-state index >= 15 is 0 Å². The molecule has 0 aromatic rings. The monoisotopic (exact) mass is 212 g/mol. The maximum absolute atomic E-state index is 11.3. The van der Waals surface area contributed by atoms with Crippen molar-refractivity contribution in [2.24, 2.45) is 0 Å². The lowest BCUT2D eigenvalue weighted by atomic mass is 10.9. The molecule has 0 bridgehead atoms. The van der Waals surface area contributed by atoms with E-state index in [9.17, 15) is 4.57 Å². The molecule has 13 heavy (non-hydrogen) atoms. The minimum absolute atomic E-state index is 0.331. The maximum Gasteiger partial charge on any atom is 0.474 e. The summed E-state index contributed by atoms with van der Waals surface area (Å²) >= 11 is 0. The van der Waals surface area contributed by atoms with E-state index in [1.54, 1.807) is 20.8 Å². The number of hydrogen-bond acceptors (Lipinski definition) is 4. The fourth-order valence-electron chi connectivity index (χ4n) is 0.586. The highest BCUT2D eigenvalue weighted by Crippen LogP contribution is 2.48. The Bertz CT molecular complexity index is 114. The van der Waals surface area contributed by atoms with Crippen molar-refractivity contribution in [2.75, 3.05) is 19.8 Å². The maximum atomic E-state index is 11.3. The van der Waals surface area contributed by atoms with Crippen molar-refractivity contribution in [3.05, 3.63) is 0 Å². The van der Waals surface area contributed by atoms with Gasteiger partial charge in [-0.25, -0.2) is 4.57 Å². The summed E-state index contributed by atoms with van der Waals surface area (Å²) in [6, 6.07) is 0. The Labute approximate surface area is 81.2 Å². The molecule has 0 aliphatic rings. The van der Waals surface area contributed by atoms with Gasteiger partial charge in [0.1, 0.15) is 0 Å². The van der Waals surface area contributed by atoms with Crippen molar-refractivity contribution in [1.29, 1.82) is 0 Å². The molecule has 0 N–H and O–H groups in total. The normalized spacial score (nSPS) is 10.5. The molecule has 0 unspecified atom stereocenters. The Balaban J connectivity index is 0. The van der Waals surface area contributed by atoms with Gasteiger partial charge < -0.3 is 0 Å². The summed E-state index contributed by atoms with van der Waals surface area (Å²) in [6.07, 6.45) is 0. The second-order valence-electron chi connectivity index (χ2n) is 1.70. The molecular weight excluding hydrogens is 191 g/mol. The molecule has 0 rings (SSSR count). The third-order valence-corrected chi connectivity index (χ3v) is 2.58. The second kappa shape index (κ2) is 10.2. The molecular formula is C8H21O4P. The Morgan fingerprint density at radius 2 is 1.08 bits per heavy atom. The van der Waals surface area contributed by atoms with Crippen molar-refractivity contribution >= 4 is 7.82 Å². The third kappa shape index (κ3) is 8.44. The minimum Gasteiger partial charge on any atom is -0.287 e. The van der Waals surface area contributed by atoms with Crippen molar-refractivity contribution in [2.45, 2.75) is 34.6 Å². The summed E-state index contributed by atoms with van der Waals surface area (Å²) in [5.41, 5.74) is 0. The largest absolute Gasteiger partial charge is 0.474 e. The zero-order chi connectivity index (χ0) is 10.7. The quantitative estimate of drug-likeness (QED) is 0.634. The first-order valence-electron chi connectivity index (χ1n) is 4.72. The van der Waals surface area contributed by atoms with Crippen LogP contribution in [0.5, 0.6) is 0 Å². The number of rotatable bonds is 6. The molecule has 0 aliphatic heterocycles. The summed E-state index contributed by atoms with van der Waals surface area (Å²) < 4.78 is 25.8. The zero-order valence-corrected chi connectivity index (χ0v) is 10.1. The van der Waals surface area contributed by atoms with Gasteiger partial charge in [0.15, 0.2) is 0 Å². The zero-order valence-electron chi connectivity index (χ0n) is 9.20. The van der Waals surface area contributed by atoms with E-state index in [0.29, 0.717) is 19.8 Å². The lowest BCUT2D eigenvalue weighted by Gasteiger charge is -2.14. The van der Waals surface area contributed by atoms with E-state index in [4.69, 9.17) is 13.6 Å². The SMILES string of the molecule is CC.CCOP(=O)(OCC)OCC. The lowest BCUT2D eigenvalue weighted by molar-refractivity contribution is 0.126. The average Bonchev–Trinajstić information content (AvgIpc) is 2.09. The first-order chi connectivity index (χ1) is 6.18. The molecule has 82 valence electrons. The Hall–Kier alpha value is 0.110. The van der Waals surface area contributed by atoms with Crippen molar-refractivity contribution < 1.29 is 18.1 Å². The predicted molar refractivity (Wildman–Crippen MR) is 53.8 cm³/mol. The van der Waals surface area contributed by atoms with Crippen LogP contribution in [0.3, 0.4) is 0 Å². The molecule has 0 fully saturated rings. The summed E-state index contributed by atoms with van der Waals surface area (Å²) in [5.74, 6) is 0. The first kappa shape index (κ1) is 15.6. The Morgan fingerprint density at radius 3 is 1.23 bits per heavy atom. The molecule has 4 nitrogen and oxygen atoms in total. The average molecular weight is 212 g/mol. The van der Waals surface area contributed by atoms with Gasteiger partial charge in [-0.1, -0.05) is 13.8 Å². The van der Waals surface area contributed by atoms with Gasteiger partial charge in [0.2, 0.25) is 0 Å². The van der Waals surface area contributed by atoms with Gasteiger partial charge in [0.05, 0.1) is 19.8 Å². The number of hydrogen-bond donors (Lipinski definition) is 0. The van der Waals surface area contributed by atoms with Crippen LogP contribution in [-0.4, -0.2) is 19.8 Å². The lowest BCUT2D eigenvalue weighted by Crippen LogP contribution is -1.99. The molecule has 0 spiro atoms. The number of phosphoric acid groups is 1. The molecule has 0 saturated carbocycles. The van der Waals surface area contributed by atoms with Gasteiger partial charge in [-0.15, -0.1) is 0 Å². The molecule has 0 heterocycles. The molecule has 0 radical (unpaired) electrons. The summed E-state index contributed by atoms with van der Waals surface area (Å²) in [5, 5.41) is 0. The van der Waals surface area contributed by atoms with Crippen LogP contribution < -0.4 is 0 Å². The topological polar surface area (TPSA) is 44.8 Å². The van der Waals surface area contributed by atoms with Crippen LogP contribution in [0.15, 0.2) is 0 Å². The number of phosphoric ester groups is 1. The van der Waals surface area contributed by atoms with Gasteiger partial charge in [-0.3, -0.25) is 13.6 Å². The van der Waals surface area contributed by atoms with Crippen LogP contribution >= 0.6 is 7.82 Å². The van der Waals surface area contributed by atoms with Crippen LogP contribution in [0, 0.1) is 0 Å². The van der Waals surface area contributed by atoms with Gasteiger partial charge in [-0.05, 0) is 20.8 Å². The minimum atomic E-state index is -3.22. The summed E-state index contributed by atoms with van der Waals surface area (Å²) in [4.78, 5) is 0. The molecule has 0 aliphatic carbocycles. The van der Waals surface area contributed by atoms with Crippen LogP contribution in [0.1, 0.15) is 34.6 Å². The van der Waals surface area contributed by atoms with E-state index in [2.05, 4.69) is 0 Å². The Kier molecular flexibility index (Phi) is 12.2. The fraction of sp³-hybridized carbons (Fsp3) is 1.00. The standard InChI is InChI=1S/C6H15O4P.C2H6/c1-4-8-11(7,9-5-2)10-6-3;1-2/h4-6H2,1-3H3;1-2H3. The van der Waals surface area contributed by atoms with Crippen molar-refractivity contribution in [3.8, 4) is 0 Å². The van der Waals surface area contributed by atoms with Crippen LogP contribution in [0.4, 0.5) is 0 Å². The van der Waals surface area contributed by atoms with Gasteiger partial charge >= 0.3 is 7.82 Å².